The average molecular weight is 336 g/mol. The summed E-state index contributed by atoms with van der Waals surface area (Å²) in [5, 5.41) is 10.2. The number of hydrogen-bond donors (Lipinski definition) is 1. The van der Waals surface area contributed by atoms with Crippen molar-refractivity contribution in [2.45, 2.75) is 52.1 Å². The molecule has 1 N–H and O–H groups in total. The molecule has 1 atom stereocenters. The summed E-state index contributed by atoms with van der Waals surface area (Å²) in [6, 6.07) is 5.96. The smallest absolute Gasteiger partial charge is 0.379 e. The highest BCUT2D eigenvalue weighted by molar-refractivity contribution is 6.30. The zero-order chi connectivity index (χ0) is 17.1. The zero-order valence-corrected chi connectivity index (χ0v) is 13.8. The van der Waals surface area contributed by atoms with Crippen molar-refractivity contribution in [3.05, 3.63) is 41.1 Å². The fourth-order valence-electron chi connectivity index (χ4n) is 2.18. The topological polar surface area (TPSA) is 23.5 Å². The zero-order valence-electron chi connectivity index (χ0n) is 13.0. The van der Waals surface area contributed by atoms with Crippen molar-refractivity contribution in [1.29, 1.82) is 0 Å². The number of rotatable bonds is 5. The Hall–Kier alpha value is -1.20. The average Bonchev–Trinajstić information content (AvgIpc) is 2.38. The Morgan fingerprint density at radius 2 is 1.55 bits per heavy atom. The first kappa shape index (κ1) is 18.8. The van der Waals surface area contributed by atoms with Crippen LogP contribution in [-0.2, 0) is 0 Å². The van der Waals surface area contributed by atoms with Crippen LogP contribution in [0.2, 0.25) is 5.02 Å². The highest BCUT2D eigenvalue weighted by atomic mass is 35.5. The first-order chi connectivity index (χ1) is 10.0. The van der Waals surface area contributed by atoms with Gasteiger partial charge in [0.05, 0.1) is 0 Å². The van der Waals surface area contributed by atoms with Crippen LogP contribution in [0.15, 0.2) is 30.5 Å². The first-order valence-electron chi connectivity index (χ1n) is 7.04. The van der Waals surface area contributed by atoms with Gasteiger partial charge in [0.25, 0.3) is 0 Å². The molecule has 0 fully saturated rings. The summed E-state index contributed by atoms with van der Waals surface area (Å²) in [5.41, 5.74) is 0.104. The van der Waals surface area contributed by atoms with Gasteiger partial charge in [0.1, 0.15) is 0 Å². The van der Waals surface area contributed by atoms with Crippen LogP contribution in [0.3, 0.4) is 0 Å². The Morgan fingerprint density at radius 1 is 1.09 bits per heavy atom. The van der Waals surface area contributed by atoms with Gasteiger partial charge >= 0.3 is 6.18 Å². The summed E-state index contributed by atoms with van der Waals surface area (Å²) < 4.78 is 38.9. The van der Waals surface area contributed by atoms with E-state index in [1.54, 1.807) is 4.90 Å². The molecule has 0 aliphatic carbocycles. The molecule has 0 aliphatic heterocycles. The molecule has 0 radical (unpaired) electrons. The third-order valence-corrected chi connectivity index (χ3v) is 3.51. The van der Waals surface area contributed by atoms with Gasteiger partial charge < -0.3 is 10.0 Å². The molecule has 1 rings (SSSR count). The third kappa shape index (κ3) is 4.92. The first-order valence-corrected chi connectivity index (χ1v) is 7.41. The molecule has 6 heteroatoms. The maximum atomic E-state index is 13.0. The van der Waals surface area contributed by atoms with Crippen molar-refractivity contribution in [3.63, 3.8) is 0 Å². The van der Waals surface area contributed by atoms with E-state index in [1.807, 2.05) is 27.7 Å². The van der Waals surface area contributed by atoms with E-state index in [9.17, 15) is 18.3 Å². The maximum absolute atomic E-state index is 13.0. The quantitative estimate of drug-likeness (QED) is 0.841. The van der Waals surface area contributed by atoms with Crippen LogP contribution >= 0.6 is 11.6 Å². The predicted octanol–water partition coefficient (Wildman–Crippen LogP) is 4.72. The van der Waals surface area contributed by atoms with Crippen molar-refractivity contribution in [1.82, 2.24) is 4.90 Å². The Morgan fingerprint density at radius 3 is 1.91 bits per heavy atom. The molecule has 0 amide bonds. The van der Waals surface area contributed by atoms with Gasteiger partial charge in [0.2, 0.25) is 0 Å². The van der Waals surface area contributed by atoms with Gasteiger partial charge in [0.15, 0.2) is 6.10 Å². The van der Waals surface area contributed by atoms with Crippen molar-refractivity contribution in [3.8, 4) is 0 Å². The molecule has 0 saturated carbocycles. The number of benzene rings is 1. The molecule has 0 bridgehead atoms. The van der Waals surface area contributed by atoms with Gasteiger partial charge in [0, 0.05) is 28.9 Å². The van der Waals surface area contributed by atoms with Gasteiger partial charge in [-0.05, 0) is 45.4 Å². The van der Waals surface area contributed by atoms with E-state index in [1.165, 1.54) is 30.5 Å². The fraction of sp³-hybridized carbons (Fsp3) is 0.500. The maximum Gasteiger partial charge on any atom is 0.418 e. The lowest BCUT2D eigenvalue weighted by molar-refractivity contribution is -0.184. The molecule has 0 aliphatic rings. The largest absolute Gasteiger partial charge is 0.418 e. The van der Waals surface area contributed by atoms with Gasteiger partial charge in [-0.15, -0.1) is 0 Å². The summed E-state index contributed by atoms with van der Waals surface area (Å²) in [4.78, 5) is 1.78. The van der Waals surface area contributed by atoms with E-state index in [-0.39, 0.29) is 17.7 Å². The van der Waals surface area contributed by atoms with Crippen LogP contribution in [0, 0.1) is 0 Å². The van der Waals surface area contributed by atoms with E-state index in [2.05, 4.69) is 0 Å². The second kappa shape index (κ2) is 7.38. The summed E-state index contributed by atoms with van der Waals surface area (Å²) >= 11 is 5.78. The molecule has 1 aromatic rings. The van der Waals surface area contributed by atoms with E-state index in [0.29, 0.717) is 10.6 Å². The van der Waals surface area contributed by atoms with Crippen molar-refractivity contribution in [2.24, 2.45) is 0 Å². The molecule has 0 aromatic heterocycles. The van der Waals surface area contributed by atoms with Crippen LogP contribution in [0.1, 0.15) is 33.3 Å². The van der Waals surface area contributed by atoms with Gasteiger partial charge in [-0.1, -0.05) is 23.7 Å². The minimum absolute atomic E-state index is 0.00253. The highest BCUT2D eigenvalue weighted by Crippen LogP contribution is 2.32. The Balaban J connectivity index is 3.36. The van der Waals surface area contributed by atoms with Crippen LogP contribution in [0.25, 0.3) is 5.57 Å². The van der Waals surface area contributed by atoms with Crippen LogP contribution in [-0.4, -0.2) is 34.4 Å². The number of alkyl halides is 3. The minimum atomic E-state index is -4.73. The predicted molar refractivity (Wildman–Crippen MR) is 83.6 cm³/mol. The molecule has 0 heterocycles. The van der Waals surface area contributed by atoms with Crippen molar-refractivity contribution in [2.75, 3.05) is 0 Å². The van der Waals surface area contributed by atoms with Crippen LogP contribution in [0.4, 0.5) is 13.2 Å². The number of halogens is 4. The number of hydrogen-bond acceptors (Lipinski definition) is 2. The normalized spacial score (nSPS) is 14.6. The van der Waals surface area contributed by atoms with E-state index < -0.39 is 12.3 Å². The van der Waals surface area contributed by atoms with Crippen LogP contribution in [0.5, 0.6) is 0 Å². The fourth-order valence-corrected chi connectivity index (χ4v) is 2.30. The third-order valence-electron chi connectivity index (χ3n) is 3.26. The standard InChI is InChI=1S/C16H21ClF3NO/c1-10(2)21(11(3)4)9-14(15(22)16(18,19)20)12-5-7-13(17)8-6-12/h5-11,15,22H,1-4H3/b14-9+. The van der Waals surface area contributed by atoms with Gasteiger partial charge in [-0.2, -0.15) is 13.2 Å². The molecule has 0 saturated heterocycles. The van der Waals surface area contributed by atoms with Gasteiger partial charge in [-0.3, -0.25) is 0 Å². The second-order valence-corrected chi connectivity index (χ2v) is 6.11. The van der Waals surface area contributed by atoms with E-state index in [4.69, 9.17) is 11.6 Å². The molecule has 22 heavy (non-hydrogen) atoms. The number of nitrogens with zero attached hydrogens (tertiary/aromatic N) is 1. The molecular formula is C16H21ClF3NO. The number of aliphatic hydroxyl groups is 1. The molecule has 124 valence electrons. The van der Waals surface area contributed by atoms with Gasteiger partial charge in [-0.25, -0.2) is 0 Å². The molecule has 1 unspecified atom stereocenters. The highest BCUT2D eigenvalue weighted by Gasteiger charge is 2.41. The SMILES string of the molecule is CC(C)N(/C=C(\c1ccc(Cl)cc1)C(O)C(F)(F)F)C(C)C. The minimum Gasteiger partial charge on any atom is -0.379 e. The monoisotopic (exact) mass is 335 g/mol. The Bertz CT molecular complexity index is 501. The summed E-state index contributed by atoms with van der Waals surface area (Å²) in [6.45, 7) is 7.54. The lowest BCUT2D eigenvalue weighted by Gasteiger charge is -2.31. The summed E-state index contributed by atoms with van der Waals surface area (Å²) in [5.74, 6) is 0. The molecule has 0 spiro atoms. The van der Waals surface area contributed by atoms with Crippen molar-refractivity contribution >= 4 is 17.2 Å². The molecule has 1 aromatic carbocycles. The summed E-state index contributed by atoms with van der Waals surface area (Å²) in [7, 11) is 0. The lowest BCUT2D eigenvalue weighted by atomic mass is 10.0. The number of aliphatic hydroxyl groups excluding tert-OH is 1. The van der Waals surface area contributed by atoms with Crippen molar-refractivity contribution < 1.29 is 18.3 Å². The Kier molecular flexibility index (Phi) is 6.32. The second-order valence-electron chi connectivity index (χ2n) is 5.67. The summed E-state index contributed by atoms with van der Waals surface area (Å²) in [6.07, 6.45) is -5.89. The Labute approximate surface area is 134 Å². The van der Waals surface area contributed by atoms with Crippen LogP contribution < -0.4 is 0 Å². The lowest BCUT2D eigenvalue weighted by Crippen LogP contribution is -2.35. The van der Waals surface area contributed by atoms with E-state index in [0.717, 1.165) is 0 Å². The molecular weight excluding hydrogens is 315 g/mol. The van der Waals surface area contributed by atoms with E-state index >= 15 is 0 Å². The molecule has 2 nitrogen and oxygen atoms in total.